The molecule has 0 saturated carbocycles. The zero-order valence-corrected chi connectivity index (χ0v) is 14.1. The van der Waals surface area contributed by atoms with Crippen LogP contribution >= 0.6 is 11.3 Å². The molecule has 1 aromatic carbocycles. The van der Waals surface area contributed by atoms with Gasteiger partial charge in [-0.1, -0.05) is 37.3 Å². The van der Waals surface area contributed by atoms with E-state index in [-0.39, 0.29) is 11.3 Å². The molecular weight excluding hydrogens is 324 g/mol. The van der Waals surface area contributed by atoms with Gasteiger partial charge >= 0.3 is 0 Å². The van der Waals surface area contributed by atoms with Gasteiger partial charge in [0.2, 0.25) is 0 Å². The van der Waals surface area contributed by atoms with Crippen molar-refractivity contribution in [1.29, 1.82) is 0 Å². The zero-order chi connectivity index (χ0) is 17.1. The van der Waals surface area contributed by atoms with Crippen molar-refractivity contribution in [3.8, 4) is 5.75 Å². The standard InChI is InChI=1S/C18H18N2O3S/c1-2-9-19-17(22)14-15(21)16-13(8-10-24-16)20(18(14)23)11-12-6-4-3-5-7-12/h3-8,10,21H,2,9,11H2,1H3,(H,19,22). The van der Waals surface area contributed by atoms with Crippen molar-refractivity contribution in [2.24, 2.45) is 0 Å². The van der Waals surface area contributed by atoms with Crippen LogP contribution in [0.2, 0.25) is 0 Å². The number of nitrogens with zero attached hydrogens (tertiary/aromatic N) is 1. The number of aromatic hydroxyl groups is 1. The molecule has 0 fully saturated rings. The van der Waals surface area contributed by atoms with Gasteiger partial charge in [0.25, 0.3) is 11.5 Å². The Morgan fingerprint density at radius 3 is 2.71 bits per heavy atom. The van der Waals surface area contributed by atoms with Gasteiger partial charge in [0.15, 0.2) is 5.75 Å². The van der Waals surface area contributed by atoms with E-state index < -0.39 is 11.5 Å². The minimum atomic E-state index is -0.531. The van der Waals surface area contributed by atoms with Crippen molar-refractivity contribution in [3.05, 3.63) is 63.3 Å². The number of amides is 1. The molecule has 2 aromatic heterocycles. The fourth-order valence-electron chi connectivity index (χ4n) is 2.61. The van der Waals surface area contributed by atoms with Gasteiger partial charge in [0.1, 0.15) is 5.56 Å². The van der Waals surface area contributed by atoms with Gasteiger partial charge < -0.3 is 15.0 Å². The second kappa shape index (κ2) is 6.88. The number of fused-ring (bicyclic) bond motifs is 1. The van der Waals surface area contributed by atoms with Crippen LogP contribution in [0.1, 0.15) is 29.3 Å². The average molecular weight is 342 g/mol. The number of thiophene rings is 1. The van der Waals surface area contributed by atoms with E-state index in [9.17, 15) is 14.7 Å². The SMILES string of the molecule is CCCNC(=O)c1c(O)c2sccc2n(Cc2ccccc2)c1=O. The van der Waals surface area contributed by atoms with Gasteiger partial charge in [-0.05, 0) is 23.4 Å². The van der Waals surface area contributed by atoms with Crippen molar-refractivity contribution in [1.82, 2.24) is 9.88 Å². The van der Waals surface area contributed by atoms with E-state index in [0.29, 0.717) is 23.3 Å². The Hall–Kier alpha value is -2.60. The molecular formula is C18H18N2O3S. The number of rotatable bonds is 5. The normalized spacial score (nSPS) is 10.9. The van der Waals surface area contributed by atoms with Crippen molar-refractivity contribution >= 4 is 27.5 Å². The van der Waals surface area contributed by atoms with Crippen LogP contribution in [0.4, 0.5) is 0 Å². The van der Waals surface area contributed by atoms with Crippen LogP contribution in [0.25, 0.3) is 10.2 Å². The fourth-order valence-corrected chi connectivity index (χ4v) is 3.45. The topological polar surface area (TPSA) is 71.3 Å². The van der Waals surface area contributed by atoms with Gasteiger partial charge in [-0.25, -0.2) is 0 Å². The molecule has 24 heavy (non-hydrogen) atoms. The van der Waals surface area contributed by atoms with E-state index in [4.69, 9.17) is 0 Å². The third-order valence-electron chi connectivity index (χ3n) is 3.79. The number of carbonyl (C=O) groups is 1. The van der Waals surface area contributed by atoms with Crippen LogP contribution in [0.3, 0.4) is 0 Å². The molecule has 0 saturated heterocycles. The molecule has 3 rings (SSSR count). The van der Waals surface area contributed by atoms with E-state index in [1.54, 1.807) is 16.0 Å². The van der Waals surface area contributed by atoms with Crippen molar-refractivity contribution in [2.75, 3.05) is 6.54 Å². The largest absolute Gasteiger partial charge is 0.505 e. The lowest BCUT2D eigenvalue weighted by molar-refractivity contribution is 0.0949. The number of hydrogen-bond donors (Lipinski definition) is 2. The van der Waals surface area contributed by atoms with E-state index in [1.165, 1.54) is 11.3 Å². The summed E-state index contributed by atoms with van der Waals surface area (Å²) in [7, 11) is 0. The summed E-state index contributed by atoms with van der Waals surface area (Å²) in [5, 5.41) is 14.9. The molecule has 0 spiro atoms. The zero-order valence-electron chi connectivity index (χ0n) is 13.3. The lowest BCUT2D eigenvalue weighted by Gasteiger charge is -2.13. The predicted octanol–water partition coefficient (Wildman–Crippen LogP) is 2.96. The molecule has 124 valence electrons. The number of carbonyl (C=O) groups excluding carboxylic acids is 1. The lowest BCUT2D eigenvalue weighted by atomic mass is 10.1. The first-order valence-corrected chi connectivity index (χ1v) is 8.66. The highest BCUT2D eigenvalue weighted by atomic mass is 32.1. The van der Waals surface area contributed by atoms with Gasteiger partial charge in [-0.15, -0.1) is 11.3 Å². The first-order chi connectivity index (χ1) is 11.6. The Labute approximate surface area is 143 Å². The summed E-state index contributed by atoms with van der Waals surface area (Å²) in [5.74, 6) is -0.764. The van der Waals surface area contributed by atoms with Crippen LogP contribution in [0.5, 0.6) is 5.75 Å². The van der Waals surface area contributed by atoms with E-state index in [2.05, 4.69) is 5.32 Å². The molecule has 0 aliphatic carbocycles. The maximum absolute atomic E-state index is 12.9. The number of aromatic nitrogens is 1. The second-order valence-corrected chi connectivity index (χ2v) is 6.41. The molecule has 0 aliphatic heterocycles. The first kappa shape index (κ1) is 16.3. The molecule has 6 heteroatoms. The maximum Gasteiger partial charge on any atom is 0.268 e. The fraction of sp³-hybridized carbons (Fsp3) is 0.222. The Bertz CT molecular complexity index is 929. The van der Waals surface area contributed by atoms with Gasteiger partial charge in [0.05, 0.1) is 16.8 Å². The molecule has 0 aliphatic rings. The lowest BCUT2D eigenvalue weighted by Crippen LogP contribution is -2.33. The molecule has 5 nitrogen and oxygen atoms in total. The highest BCUT2D eigenvalue weighted by molar-refractivity contribution is 7.17. The number of nitrogens with one attached hydrogen (secondary N) is 1. The molecule has 0 bridgehead atoms. The highest BCUT2D eigenvalue weighted by Gasteiger charge is 2.22. The molecule has 0 radical (unpaired) electrons. The van der Waals surface area contributed by atoms with Gasteiger partial charge in [0, 0.05) is 6.54 Å². The minimum absolute atomic E-state index is 0.186. The van der Waals surface area contributed by atoms with E-state index in [1.807, 2.05) is 37.3 Å². The highest BCUT2D eigenvalue weighted by Crippen LogP contribution is 2.31. The Morgan fingerprint density at radius 1 is 1.25 bits per heavy atom. The van der Waals surface area contributed by atoms with E-state index in [0.717, 1.165) is 12.0 Å². The van der Waals surface area contributed by atoms with E-state index >= 15 is 0 Å². The molecule has 0 atom stereocenters. The summed E-state index contributed by atoms with van der Waals surface area (Å²) in [6.07, 6.45) is 0.756. The predicted molar refractivity (Wildman–Crippen MR) is 95.9 cm³/mol. The maximum atomic E-state index is 12.9. The molecule has 0 unspecified atom stereocenters. The van der Waals surface area contributed by atoms with Crippen LogP contribution in [0.15, 0.2) is 46.6 Å². The molecule has 3 aromatic rings. The molecule has 1 amide bonds. The Balaban J connectivity index is 2.16. The third kappa shape index (κ3) is 2.92. The number of hydrogen-bond acceptors (Lipinski definition) is 4. The number of pyridine rings is 1. The summed E-state index contributed by atoms with van der Waals surface area (Å²) in [6.45, 7) is 2.73. The van der Waals surface area contributed by atoms with Crippen molar-refractivity contribution in [2.45, 2.75) is 19.9 Å². The average Bonchev–Trinajstić information content (AvgIpc) is 3.08. The van der Waals surface area contributed by atoms with Crippen molar-refractivity contribution in [3.63, 3.8) is 0 Å². The molecule has 2 N–H and O–H groups in total. The summed E-state index contributed by atoms with van der Waals surface area (Å²) < 4.78 is 2.09. The minimum Gasteiger partial charge on any atom is -0.505 e. The monoisotopic (exact) mass is 342 g/mol. The summed E-state index contributed by atoms with van der Waals surface area (Å²) >= 11 is 1.31. The Morgan fingerprint density at radius 2 is 2.00 bits per heavy atom. The summed E-state index contributed by atoms with van der Waals surface area (Å²) in [4.78, 5) is 25.2. The third-order valence-corrected chi connectivity index (χ3v) is 4.70. The Kier molecular flexibility index (Phi) is 4.66. The van der Waals surface area contributed by atoms with Crippen LogP contribution in [0, 0.1) is 0 Å². The van der Waals surface area contributed by atoms with Crippen LogP contribution in [-0.2, 0) is 6.54 Å². The van der Waals surface area contributed by atoms with Gasteiger partial charge in [-0.2, -0.15) is 0 Å². The number of benzene rings is 1. The summed E-state index contributed by atoms with van der Waals surface area (Å²) in [6, 6.07) is 11.4. The van der Waals surface area contributed by atoms with Crippen LogP contribution < -0.4 is 10.9 Å². The molecule has 2 heterocycles. The van der Waals surface area contributed by atoms with Crippen molar-refractivity contribution < 1.29 is 9.90 Å². The quantitative estimate of drug-likeness (QED) is 0.749. The smallest absolute Gasteiger partial charge is 0.268 e. The van der Waals surface area contributed by atoms with Crippen LogP contribution in [-0.4, -0.2) is 22.1 Å². The first-order valence-electron chi connectivity index (χ1n) is 7.78. The summed E-state index contributed by atoms with van der Waals surface area (Å²) in [5.41, 5.74) is 0.932. The second-order valence-electron chi connectivity index (χ2n) is 5.49. The van der Waals surface area contributed by atoms with Gasteiger partial charge in [-0.3, -0.25) is 9.59 Å².